The van der Waals surface area contributed by atoms with Gasteiger partial charge in [0.05, 0.1) is 29.1 Å². The molecule has 3 rings (SSSR count). The van der Waals surface area contributed by atoms with Crippen LogP contribution in [0.25, 0.3) is 0 Å². The molecule has 27 heavy (non-hydrogen) atoms. The van der Waals surface area contributed by atoms with Crippen molar-refractivity contribution in [1.29, 1.82) is 0 Å². The maximum absolute atomic E-state index is 14.2. The third kappa shape index (κ3) is 4.55. The molecule has 2 atom stereocenters. The summed E-state index contributed by atoms with van der Waals surface area (Å²) < 4.78 is 51.6. The zero-order chi connectivity index (χ0) is 19.8. The van der Waals surface area contributed by atoms with Crippen LogP contribution in [-0.4, -0.2) is 29.5 Å². The summed E-state index contributed by atoms with van der Waals surface area (Å²) >= 11 is -0.507. The molecule has 0 aromatic heterocycles. The predicted molar refractivity (Wildman–Crippen MR) is 91.1 cm³/mol. The van der Waals surface area contributed by atoms with E-state index in [-0.39, 0.29) is 24.4 Å². The fourth-order valence-electron chi connectivity index (χ4n) is 3.40. The fraction of sp³-hybridized carbons (Fsp3) is 0.529. The van der Waals surface area contributed by atoms with Crippen molar-refractivity contribution < 1.29 is 27.2 Å². The molecule has 1 aliphatic carbocycles. The summed E-state index contributed by atoms with van der Waals surface area (Å²) in [7, 11) is 0. The molecule has 5 nitrogen and oxygen atoms in total. The Hall–Kier alpha value is -1.81. The smallest absolute Gasteiger partial charge is 0.345 e. The SMILES string of the molecule is CC1NC(=O)CC(C(=O)NC2(c3ccc(SC(F)(F)F)c(F)c3)CCC2)N1. The van der Waals surface area contributed by atoms with Gasteiger partial charge in [0.2, 0.25) is 11.8 Å². The number of thioether (sulfide) groups is 1. The molecule has 0 spiro atoms. The number of carbonyl (C=O) groups is 2. The first-order valence-corrected chi connectivity index (χ1v) is 9.33. The number of hydrogen-bond acceptors (Lipinski definition) is 4. The Labute approximate surface area is 157 Å². The summed E-state index contributed by atoms with van der Waals surface area (Å²) in [4.78, 5) is 23.7. The molecular formula is C17H19F4N3O2S. The van der Waals surface area contributed by atoms with E-state index in [1.165, 1.54) is 6.07 Å². The lowest BCUT2D eigenvalue weighted by molar-refractivity contribution is -0.133. The van der Waals surface area contributed by atoms with Crippen molar-refractivity contribution in [3.8, 4) is 0 Å². The van der Waals surface area contributed by atoms with Gasteiger partial charge in [0.25, 0.3) is 0 Å². The average Bonchev–Trinajstić information content (AvgIpc) is 2.50. The van der Waals surface area contributed by atoms with E-state index in [2.05, 4.69) is 16.0 Å². The second-order valence-electron chi connectivity index (χ2n) is 6.83. The minimum atomic E-state index is -4.57. The first kappa shape index (κ1) is 19.9. The van der Waals surface area contributed by atoms with Crippen molar-refractivity contribution in [3.63, 3.8) is 0 Å². The molecule has 2 amide bonds. The van der Waals surface area contributed by atoms with Gasteiger partial charge in [-0.05, 0) is 55.6 Å². The molecule has 10 heteroatoms. The van der Waals surface area contributed by atoms with Crippen molar-refractivity contribution in [2.24, 2.45) is 0 Å². The third-order valence-electron chi connectivity index (χ3n) is 4.81. The van der Waals surface area contributed by atoms with E-state index in [1.54, 1.807) is 6.92 Å². The van der Waals surface area contributed by atoms with Crippen molar-refractivity contribution in [2.75, 3.05) is 0 Å². The van der Waals surface area contributed by atoms with E-state index in [9.17, 15) is 27.2 Å². The Morgan fingerprint density at radius 3 is 2.56 bits per heavy atom. The number of amides is 2. The summed E-state index contributed by atoms with van der Waals surface area (Å²) in [6.07, 6.45) is 1.55. The number of hydrogen-bond donors (Lipinski definition) is 3. The first-order chi connectivity index (χ1) is 12.6. The van der Waals surface area contributed by atoms with Gasteiger partial charge >= 0.3 is 5.51 Å². The number of rotatable bonds is 4. The fourth-order valence-corrected chi connectivity index (χ4v) is 3.94. The predicted octanol–water partition coefficient (Wildman–Crippen LogP) is 2.76. The van der Waals surface area contributed by atoms with E-state index in [4.69, 9.17) is 0 Å². The number of alkyl halides is 3. The topological polar surface area (TPSA) is 70.2 Å². The van der Waals surface area contributed by atoms with Crippen LogP contribution in [-0.2, 0) is 15.1 Å². The highest BCUT2D eigenvalue weighted by Gasteiger charge is 2.43. The lowest BCUT2D eigenvalue weighted by Gasteiger charge is -2.44. The maximum atomic E-state index is 14.2. The Bertz CT molecular complexity index is 752. The summed E-state index contributed by atoms with van der Waals surface area (Å²) in [6, 6.07) is 2.84. The Morgan fingerprint density at radius 2 is 2.04 bits per heavy atom. The van der Waals surface area contributed by atoms with Gasteiger partial charge in [0.15, 0.2) is 0 Å². The van der Waals surface area contributed by atoms with Gasteiger partial charge in [0.1, 0.15) is 5.82 Å². The molecule has 148 valence electrons. The van der Waals surface area contributed by atoms with Crippen molar-refractivity contribution in [3.05, 3.63) is 29.6 Å². The van der Waals surface area contributed by atoms with Gasteiger partial charge in [-0.1, -0.05) is 6.07 Å². The van der Waals surface area contributed by atoms with Gasteiger partial charge in [0, 0.05) is 0 Å². The minimum absolute atomic E-state index is 0.0121. The van der Waals surface area contributed by atoms with Crippen molar-refractivity contribution in [2.45, 2.75) is 60.8 Å². The minimum Gasteiger partial charge on any atom is -0.345 e. The third-order valence-corrected chi connectivity index (χ3v) is 5.60. The molecular weight excluding hydrogens is 386 g/mol. The molecule has 3 N–H and O–H groups in total. The van der Waals surface area contributed by atoms with E-state index in [0.29, 0.717) is 18.4 Å². The van der Waals surface area contributed by atoms with Gasteiger partial charge in [-0.15, -0.1) is 0 Å². The van der Waals surface area contributed by atoms with E-state index >= 15 is 0 Å². The molecule has 1 heterocycles. The highest BCUT2D eigenvalue weighted by Crippen LogP contribution is 2.44. The van der Waals surface area contributed by atoms with Gasteiger partial charge in [-0.25, -0.2) is 4.39 Å². The van der Waals surface area contributed by atoms with Gasteiger partial charge in [-0.2, -0.15) is 13.2 Å². The molecule has 0 radical (unpaired) electrons. The molecule has 1 aromatic rings. The largest absolute Gasteiger partial charge is 0.446 e. The number of benzene rings is 1. The molecule has 1 saturated heterocycles. The Kier molecular flexibility index (Phi) is 5.40. The van der Waals surface area contributed by atoms with Crippen LogP contribution in [0.1, 0.15) is 38.2 Å². The number of nitrogens with one attached hydrogen (secondary N) is 3. The summed E-state index contributed by atoms with van der Waals surface area (Å²) in [6.45, 7) is 1.71. The highest BCUT2D eigenvalue weighted by molar-refractivity contribution is 8.00. The van der Waals surface area contributed by atoms with Crippen molar-refractivity contribution >= 4 is 23.6 Å². The Morgan fingerprint density at radius 1 is 1.33 bits per heavy atom. The van der Waals surface area contributed by atoms with Crippen LogP contribution in [0.4, 0.5) is 17.6 Å². The second-order valence-corrected chi connectivity index (χ2v) is 7.94. The zero-order valence-electron chi connectivity index (χ0n) is 14.5. The van der Waals surface area contributed by atoms with Crippen LogP contribution in [0.15, 0.2) is 23.1 Å². The molecule has 0 bridgehead atoms. The summed E-state index contributed by atoms with van der Waals surface area (Å²) in [5.74, 6) is -1.60. The highest BCUT2D eigenvalue weighted by atomic mass is 32.2. The monoisotopic (exact) mass is 405 g/mol. The molecule has 2 unspecified atom stereocenters. The maximum Gasteiger partial charge on any atom is 0.446 e. The van der Waals surface area contributed by atoms with Crippen LogP contribution in [0.2, 0.25) is 0 Å². The van der Waals surface area contributed by atoms with Gasteiger partial charge in [-0.3, -0.25) is 14.9 Å². The molecule has 1 saturated carbocycles. The quantitative estimate of drug-likeness (QED) is 0.532. The summed E-state index contributed by atoms with van der Waals surface area (Å²) in [5, 5.41) is 8.49. The molecule has 1 aliphatic heterocycles. The van der Waals surface area contributed by atoms with Gasteiger partial charge < -0.3 is 10.6 Å². The Balaban J connectivity index is 1.76. The number of carbonyl (C=O) groups excluding carboxylic acids is 2. The second kappa shape index (κ2) is 7.31. The van der Waals surface area contributed by atoms with E-state index in [0.717, 1.165) is 18.6 Å². The molecule has 1 aromatic carbocycles. The average molecular weight is 405 g/mol. The summed E-state index contributed by atoms with van der Waals surface area (Å²) in [5.41, 5.74) is -4.97. The molecule has 2 aliphatic rings. The van der Waals surface area contributed by atoms with Crippen LogP contribution < -0.4 is 16.0 Å². The first-order valence-electron chi connectivity index (χ1n) is 8.51. The van der Waals surface area contributed by atoms with Crippen LogP contribution in [0.3, 0.4) is 0 Å². The van der Waals surface area contributed by atoms with Crippen LogP contribution in [0, 0.1) is 5.82 Å². The van der Waals surface area contributed by atoms with E-state index in [1.807, 2.05) is 0 Å². The van der Waals surface area contributed by atoms with Crippen LogP contribution >= 0.6 is 11.8 Å². The van der Waals surface area contributed by atoms with E-state index < -0.39 is 39.6 Å². The van der Waals surface area contributed by atoms with Crippen molar-refractivity contribution in [1.82, 2.24) is 16.0 Å². The molecule has 2 fully saturated rings. The zero-order valence-corrected chi connectivity index (χ0v) is 15.3. The normalized spacial score (nSPS) is 24.7. The lowest BCUT2D eigenvalue weighted by atomic mass is 9.71. The lowest BCUT2D eigenvalue weighted by Crippen LogP contribution is -2.62. The number of halogens is 4. The van der Waals surface area contributed by atoms with Crippen LogP contribution in [0.5, 0.6) is 0 Å². The standard InChI is InChI=1S/C17H19F4N3O2S/c1-9-22-12(8-14(25)23-9)15(26)24-16(5-2-6-16)10-3-4-13(11(18)7-10)27-17(19,20)21/h3-4,7,9,12,22H,2,5-6,8H2,1H3,(H,23,25)(H,24,26).